The Balaban J connectivity index is 1.93. The molecule has 2 rings (SSSR count). The van der Waals surface area contributed by atoms with Gasteiger partial charge in [0.25, 0.3) is 0 Å². The largest absolute Gasteiger partial charge is 0.573 e. The van der Waals surface area contributed by atoms with Crippen molar-refractivity contribution in [1.82, 2.24) is 0 Å². The van der Waals surface area contributed by atoms with Gasteiger partial charge in [-0.2, -0.15) is 0 Å². The summed E-state index contributed by atoms with van der Waals surface area (Å²) in [6.45, 7) is 0.878. The third-order valence-corrected chi connectivity index (χ3v) is 3.09. The van der Waals surface area contributed by atoms with Gasteiger partial charge in [-0.05, 0) is 35.4 Å². The number of nitrogens with two attached hydrogens (primary N) is 1. The fraction of sp³-hybridized carbons (Fsp3) is 0.235. The summed E-state index contributed by atoms with van der Waals surface area (Å²) < 4.78 is 45.2. The lowest BCUT2D eigenvalue weighted by molar-refractivity contribution is -0.274. The molecule has 0 unspecified atom stereocenters. The maximum Gasteiger partial charge on any atom is 0.573 e. The lowest BCUT2D eigenvalue weighted by Gasteiger charge is -2.10. The number of halogens is 3. The molecule has 0 aromatic heterocycles. The van der Waals surface area contributed by atoms with Crippen LogP contribution in [0.25, 0.3) is 0 Å². The van der Waals surface area contributed by atoms with Gasteiger partial charge in [0.2, 0.25) is 0 Å². The van der Waals surface area contributed by atoms with Crippen LogP contribution in [0.4, 0.5) is 18.9 Å². The van der Waals surface area contributed by atoms with Crippen molar-refractivity contribution >= 4 is 11.6 Å². The molecule has 0 fully saturated rings. The summed E-state index contributed by atoms with van der Waals surface area (Å²) in [7, 11) is 1.62. The summed E-state index contributed by atoms with van der Waals surface area (Å²) >= 11 is 0. The summed E-state index contributed by atoms with van der Waals surface area (Å²) in [4.78, 5) is 4.20. The van der Waals surface area contributed by atoms with E-state index in [1.807, 2.05) is 24.3 Å². The molecule has 0 bridgehead atoms. The summed E-state index contributed by atoms with van der Waals surface area (Å²) in [5.74, 6) is -0.148. The quantitative estimate of drug-likeness (QED) is 0.614. The highest BCUT2D eigenvalue weighted by atomic mass is 19.4. The van der Waals surface area contributed by atoms with E-state index in [2.05, 4.69) is 15.0 Å². The van der Waals surface area contributed by atoms with Crippen LogP contribution in [-0.2, 0) is 17.9 Å². The summed E-state index contributed by atoms with van der Waals surface area (Å²) in [5.41, 5.74) is 8.29. The SMILES string of the molecule is COCc1cccc(CN=C(N)Nc2ccc(OC(F)(F)F)cc2)c1. The molecule has 0 radical (unpaired) electrons. The Labute approximate surface area is 143 Å². The predicted octanol–water partition coefficient (Wildman–Crippen LogP) is 3.66. The fourth-order valence-corrected chi connectivity index (χ4v) is 2.09. The van der Waals surface area contributed by atoms with Crippen molar-refractivity contribution in [3.8, 4) is 5.75 Å². The molecule has 0 aliphatic heterocycles. The normalized spacial score (nSPS) is 12.1. The van der Waals surface area contributed by atoms with E-state index in [1.54, 1.807) is 7.11 Å². The summed E-state index contributed by atoms with van der Waals surface area (Å²) in [6.07, 6.45) is -4.72. The van der Waals surface area contributed by atoms with Gasteiger partial charge < -0.3 is 20.5 Å². The van der Waals surface area contributed by atoms with Crippen molar-refractivity contribution in [2.24, 2.45) is 10.7 Å². The van der Waals surface area contributed by atoms with Crippen molar-refractivity contribution < 1.29 is 22.6 Å². The van der Waals surface area contributed by atoms with E-state index in [0.717, 1.165) is 11.1 Å². The highest BCUT2D eigenvalue weighted by Crippen LogP contribution is 2.23. The molecule has 0 aliphatic rings. The van der Waals surface area contributed by atoms with Gasteiger partial charge in [-0.25, -0.2) is 4.99 Å². The minimum absolute atomic E-state index is 0.154. The Morgan fingerprint density at radius 2 is 1.80 bits per heavy atom. The van der Waals surface area contributed by atoms with E-state index in [-0.39, 0.29) is 11.7 Å². The van der Waals surface area contributed by atoms with Gasteiger partial charge in [0.15, 0.2) is 5.96 Å². The molecule has 25 heavy (non-hydrogen) atoms. The number of benzene rings is 2. The Morgan fingerprint density at radius 3 is 2.44 bits per heavy atom. The van der Waals surface area contributed by atoms with Crippen LogP contribution in [-0.4, -0.2) is 19.4 Å². The second kappa shape index (κ2) is 8.39. The van der Waals surface area contributed by atoms with Crippen molar-refractivity contribution in [1.29, 1.82) is 0 Å². The number of hydrogen-bond donors (Lipinski definition) is 2. The Bertz CT molecular complexity index is 716. The molecule has 0 aliphatic carbocycles. The molecule has 2 aromatic carbocycles. The van der Waals surface area contributed by atoms with Crippen molar-refractivity contribution in [3.63, 3.8) is 0 Å². The van der Waals surface area contributed by atoms with E-state index in [4.69, 9.17) is 10.5 Å². The molecule has 0 spiro atoms. The Hall–Kier alpha value is -2.74. The van der Waals surface area contributed by atoms with Gasteiger partial charge in [0.1, 0.15) is 5.75 Å². The molecular weight excluding hydrogens is 335 g/mol. The van der Waals surface area contributed by atoms with Crippen LogP contribution in [0, 0.1) is 0 Å². The minimum atomic E-state index is -4.72. The van der Waals surface area contributed by atoms with Gasteiger partial charge >= 0.3 is 6.36 Å². The molecule has 5 nitrogen and oxygen atoms in total. The first-order valence-electron chi connectivity index (χ1n) is 7.35. The number of alkyl halides is 3. The summed E-state index contributed by atoms with van der Waals surface area (Å²) in [6, 6.07) is 13.0. The highest BCUT2D eigenvalue weighted by molar-refractivity contribution is 5.92. The van der Waals surface area contributed by atoms with Gasteiger partial charge in [0.05, 0.1) is 13.2 Å². The maximum atomic E-state index is 12.1. The lowest BCUT2D eigenvalue weighted by Crippen LogP contribution is -2.22. The van der Waals surface area contributed by atoms with Crippen molar-refractivity contribution in [3.05, 3.63) is 59.7 Å². The van der Waals surface area contributed by atoms with Gasteiger partial charge in [0, 0.05) is 12.8 Å². The molecule has 2 aromatic rings. The molecule has 0 amide bonds. The molecule has 0 saturated carbocycles. The zero-order valence-corrected chi connectivity index (χ0v) is 13.5. The molecule has 134 valence electrons. The number of rotatable bonds is 6. The van der Waals surface area contributed by atoms with Crippen LogP contribution in [0.1, 0.15) is 11.1 Å². The van der Waals surface area contributed by atoms with E-state index < -0.39 is 6.36 Å². The van der Waals surface area contributed by atoms with Gasteiger partial charge in [-0.3, -0.25) is 0 Å². The second-order valence-electron chi connectivity index (χ2n) is 5.15. The molecular formula is C17H18F3N3O2. The first-order valence-corrected chi connectivity index (χ1v) is 7.35. The average molecular weight is 353 g/mol. The standard InChI is InChI=1S/C17H18F3N3O2/c1-24-11-13-4-2-3-12(9-13)10-22-16(21)23-14-5-7-15(8-6-14)25-17(18,19)20/h2-9H,10-11H2,1H3,(H3,21,22,23). The minimum Gasteiger partial charge on any atom is -0.406 e. The molecule has 0 atom stereocenters. The zero-order valence-electron chi connectivity index (χ0n) is 13.5. The first-order chi connectivity index (χ1) is 11.9. The number of aliphatic imine (C=N–C) groups is 1. The van der Waals surface area contributed by atoms with E-state index in [9.17, 15) is 13.2 Å². The van der Waals surface area contributed by atoms with E-state index in [1.165, 1.54) is 24.3 Å². The number of nitrogens with zero attached hydrogens (tertiary/aromatic N) is 1. The number of guanidine groups is 1. The van der Waals surface area contributed by atoms with Crippen LogP contribution in [0.3, 0.4) is 0 Å². The van der Waals surface area contributed by atoms with E-state index in [0.29, 0.717) is 18.8 Å². The van der Waals surface area contributed by atoms with Crippen molar-refractivity contribution in [2.45, 2.75) is 19.5 Å². The maximum absolute atomic E-state index is 12.1. The summed E-state index contributed by atoms with van der Waals surface area (Å²) in [5, 5.41) is 2.81. The predicted molar refractivity (Wildman–Crippen MR) is 89.2 cm³/mol. The van der Waals surface area contributed by atoms with Gasteiger partial charge in [-0.15, -0.1) is 13.2 Å². The van der Waals surface area contributed by atoms with Crippen LogP contribution >= 0.6 is 0 Å². The number of ether oxygens (including phenoxy) is 2. The molecule has 8 heteroatoms. The van der Waals surface area contributed by atoms with Crippen molar-refractivity contribution in [2.75, 3.05) is 12.4 Å². The molecule has 0 heterocycles. The topological polar surface area (TPSA) is 68.9 Å². The third kappa shape index (κ3) is 6.72. The zero-order chi connectivity index (χ0) is 18.3. The molecule has 3 N–H and O–H groups in total. The van der Waals surface area contributed by atoms with Crippen LogP contribution < -0.4 is 15.8 Å². The highest BCUT2D eigenvalue weighted by Gasteiger charge is 2.30. The number of nitrogens with one attached hydrogen (secondary N) is 1. The lowest BCUT2D eigenvalue weighted by atomic mass is 10.1. The monoisotopic (exact) mass is 353 g/mol. The molecule has 0 saturated heterocycles. The Morgan fingerprint density at radius 1 is 1.12 bits per heavy atom. The first kappa shape index (κ1) is 18.6. The average Bonchev–Trinajstić information content (AvgIpc) is 2.54. The van der Waals surface area contributed by atoms with Gasteiger partial charge in [-0.1, -0.05) is 24.3 Å². The number of hydrogen-bond acceptors (Lipinski definition) is 3. The van der Waals surface area contributed by atoms with Crippen LogP contribution in [0.2, 0.25) is 0 Å². The van der Waals surface area contributed by atoms with E-state index >= 15 is 0 Å². The van der Waals surface area contributed by atoms with Crippen LogP contribution in [0.15, 0.2) is 53.5 Å². The van der Waals surface area contributed by atoms with Crippen LogP contribution in [0.5, 0.6) is 5.75 Å². The fourth-order valence-electron chi connectivity index (χ4n) is 2.09. The Kier molecular flexibility index (Phi) is 6.24. The number of anilines is 1. The number of methoxy groups -OCH3 is 1. The second-order valence-corrected chi connectivity index (χ2v) is 5.15. The smallest absolute Gasteiger partial charge is 0.406 e. The third-order valence-electron chi connectivity index (χ3n) is 3.09.